The molecule has 1 saturated heterocycles. The van der Waals surface area contributed by atoms with Gasteiger partial charge in [-0.25, -0.2) is 0 Å². The lowest BCUT2D eigenvalue weighted by atomic mass is 9.77. The fraction of sp³-hybridized carbons (Fsp3) is 0.462. The summed E-state index contributed by atoms with van der Waals surface area (Å²) in [7, 11) is 0. The molecular weight excluding hydrogens is 218 g/mol. The van der Waals surface area contributed by atoms with Gasteiger partial charge in [0.15, 0.2) is 0 Å². The summed E-state index contributed by atoms with van der Waals surface area (Å²) < 4.78 is 0. The molecule has 2 nitrogen and oxygen atoms in total. The first-order valence-electron chi connectivity index (χ1n) is 5.50. The maximum atomic E-state index is 11.8. The highest BCUT2D eigenvalue weighted by molar-refractivity contribution is 8.13. The topological polar surface area (TPSA) is 20.3 Å². The Labute approximate surface area is 101 Å². The van der Waals surface area contributed by atoms with E-state index in [4.69, 9.17) is 0 Å². The number of carbonyl (C=O) groups excluding carboxylic acids is 1. The zero-order valence-corrected chi connectivity index (χ0v) is 10.6. The summed E-state index contributed by atoms with van der Waals surface area (Å²) in [5.41, 5.74) is 0.900. The number of allylic oxidation sites excluding steroid dienone is 4. The zero-order chi connectivity index (χ0) is 11.8. The molecule has 0 aromatic rings. The Morgan fingerprint density at radius 2 is 2.38 bits per heavy atom. The van der Waals surface area contributed by atoms with Gasteiger partial charge < -0.3 is 4.90 Å². The molecule has 0 bridgehead atoms. The van der Waals surface area contributed by atoms with E-state index in [1.54, 1.807) is 0 Å². The Morgan fingerprint density at radius 3 is 2.94 bits per heavy atom. The average Bonchev–Trinajstić information content (AvgIpc) is 2.62. The number of thioether (sulfide) groups is 1. The molecule has 86 valence electrons. The van der Waals surface area contributed by atoms with Crippen LogP contribution in [0.25, 0.3) is 0 Å². The van der Waals surface area contributed by atoms with Gasteiger partial charge in [-0.3, -0.25) is 4.79 Å². The number of nitrogens with zero attached hydrogens (tertiary/aromatic N) is 1. The van der Waals surface area contributed by atoms with E-state index in [2.05, 4.69) is 37.8 Å². The van der Waals surface area contributed by atoms with Crippen molar-refractivity contribution in [2.75, 3.05) is 5.75 Å². The summed E-state index contributed by atoms with van der Waals surface area (Å²) in [4.78, 5) is 13.7. The molecule has 3 heteroatoms. The molecule has 1 heterocycles. The van der Waals surface area contributed by atoms with E-state index < -0.39 is 0 Å². The van der Waals surface area contributed by atoms with Gasteiger partial charge in [-0.2, -0.15) is 0 Å². The summed E-state index contributed by atoms with van der Waals surface area (Å²) >= 11 is 1.40. The molecule has 1 aliphatic heterocycles. The van der Waals surface area contributed by atoms with Gasteiger partial charge in [0.2, 0.25) is 0 Å². The standard InChI is InChI=1S/C13H17NOS/c1-10(2)14-11(9-16-12(14)15)13(3)7-5-4-6-8-13/h4-7,11H,1,8-9H2,2-3H3/t11-,13?/m0/s1. The Hall–Kier alpha value is -0.960. The van der Waals surface area contributed by atoms with Crippen molar-refractivity contribution in [1.29, 1.82) is 0 Å². The summed E-state index contributed by atoms with van der Waals surface area (Å²) in [6.45, 7) is 8.03. The second-order valence-electron chi connectivity index (χ2n) is 4.70. The van der Waals surface area contributed by atoms with Gasteiger partial charge in [-0.05, 0) is 13.3 Å². The van der Waals surface area contributed by atoms with E-state index in [0.29, 0.717) is 0 Å². The maximum absolute atomic E-state index is 11.8. The molecule has 2 aliphatic rings. The molecule has 0 spiro atoms. The van der Waals surface area contributed by atoms with Crippen molar-refractivity contribution in [3.63, 3.8) is 0 Å². The van der Waals surface area contributed by atoms with Crippen LogP contribution in [0.15, 0.2) is 36.6 Å². The average molecular weight is 235 g/mol. The first-order chi connectivity index (χ1) is 7.54. The minimum Gasteiger partial charge on any atom is -0.303 e. The van der Waals surface area contributed by atoms with Gasteiger partial charge in [0.05, 0.1) is 6.04 Å². The monoisotopic (exact) mass is 235 g/mol. The lowest BCUT2D eigenvalue weighted by Gasteiger charge is -2.38. The van der Waals surface area contributed by atoms with Crippen molar-refractivity contribution >= 4 is 17.0 Å². The minimum atomic E-state index is 0.0485. The van der Waals surface area contributed by atoms with Crippen molar-refractivity contribution < 1.29 is 4.79 Å². The first kappa shape index (κ1) is 11.5. The molecule has 1 amide bonds. The van der Waals surface area contributed by atoms with Crippen molar-refractivity contribution in [2.45, 2.75) is 26.3 Å². The van der Waals surface area contributed by atoms with E-state index in [1.165, 1.54) is 11.8 Å². The number of hydrogen-bond acceptors (Lipinski definition) is 2. The SMILES string of the molecule is C=C(C)N1C(=O)SC[C@H]1C1(C)C=CC=CC1. The maximum Gasteiger partial charge on any atom is 0.286 e. The molecule has 0 saturated carbocycles. The van der Waals surface area contributed by atoms with Crippen LogP contribution >= 0.6 is 11.8 Å². The normalized spacial score (nSPS) is 33.5. The molecule has 2 atom stereocenters. The van der Waals surface area contributed by atoms with Crippen LogP contribution in [0.5, 0.6) is 0 Å². The quantitative estimate of drug-likeness (QED) is 0.729. The molecule has 1 aliphatic carbocycles. The zero-order valence-electron chi connectivity index (χ0n) is 9.77. The molecule has 0 radical (unpaired) electrons. The number of hydrogen-bond donors (Lipinski definition) is 0. The van der Waals surface area contributed by atoms with E-state index in [1.807, 2.05) is 11.8 Å². The molecule has 1 fully saturated rings. The summed E-state index contributed by atoms with van der Waals surface area (Å²) in [6, 6.07) is 0.240. The smallest absolute Gasteiger partial charge is 0.286 e. The Bertz CT molecular complexity index is 385. The fourth-order valence-electron chi connectivity index (χ4n) is 2.32. The molecule has 2 rings (SSSR count). The third-order valence-corrected chi connectivity index (χ3v) is 4.25. The highest BCUT2D eigenvalue weighted by Gasteiger charge is 2.43. The Morgan fingerprint density at radius 1 is 1.62 bits per heavy atom. The predicted molar refractivity (Wildman–Crippen MR) is 69.3 cm³/mol. The Kier molecular flexibility index (Phi) is 2.98. The van der Waals surface area contributed by atoms with Crippen molar-refractivity contribution in [3.8, 4) is 0 Å². The second-order valence-corrected chi connectivity index (χ2v) is 5.67. The van der Waals surface area contributed by atoms with Gasteiger partial charge in [-0.15, -0.1) is 0 Å². The van der Waals surface area contributed by atoms with Crippen LogP contribution in [-0.4, -0.2) is 21.9 Å². The van der Waals surface area contributed by atoms with Crippen LogP contribution in [-0.2, 0) is 0 Å². The highest BCUT2D eigenvalue weighted by atomic mass is 32.2. The van der Waals surface area contributed by atoms with E-state index in [-0.39, 0.29) is 16.7 Å². The Balaban J connectivity index is 2.27. The van der Waals surface area contributed by atoms with Crippen LogP contribution < -0.4 is 0 Å². The highest BCUT2D eigenvalue weighted by Crippen LogP contribution is 2.42. The molecule has 16 heavy (non-hydrogen) atoms. The number of carbonyl (C=O) groups is 1. The fourth-order valence-corrected chi connectivity index (χ4v) is 3.57. The van der Waals surface area contributed by atoms with Gasteiger partial charge in [0.1, 0.15) is 0 Å². The summed E-state index contributed by atoms with van der Waals surface area (Å²) in [6.07, 6.45) is 9.52. The van der Waals surface area contributed by atoms with Gasteiger partial charge in [0, 0.05) is 16.9 Å². The summed E-state index contributed by atoms with van der Waals surface area (Å²) in [5, 5.41) is 0.140. The van der Waals surface area contributed by atoms with Crippen LogP contribution in [0, 0.1) is 5.41 Å². The van der Waals surface area contributed by atoms with Crippen molar-refractivity contribution in [1.82, 2.24) is 4.90 Å². The van der Waals surface area contributed by atoms with E-state index in [0.717, 1.165) is 17.9 Å². The molecule has 0 N–H and O–H groups in total. The molecule has 0 aromatic carbocycles. The third kappa shape index (κ3) is 1.84. The molecule has 1 unspecified atom stereocenters. The van der Waals surface area contributed by atoms with Crippen LogP contribution in [0.4, 0.5) is 4.79 Å². The number of amides is 1. The van der Waals surface area contributed by atoms with Gasteiger partial charge in [-0.1, -0.05) is 49.6 Å². The van der Waals surface area contributed by atoms with E-state index in [9.17, 15) is 4.79 Å². The van der Waals surface area contributed by atoms with Crippen LogP contribution in [0.3, 0.4) is 0 Å². The van der Waals surface area contributed by atoms with Crippen molar-refractivity contribution in [3.05, 3.63) is 36.6 Å². The summed E-state index contributed by atoms with van der Waals surface area (Å²) in [5.74, 6) is 0.861. The lowest BCUT2D eigenvalue weighted by Crippen LogP contribution is -2.43. The lowest BCUT2D eigenvalue weighted by molar-refractivity contribution is 0.186. The van der Waals surface area contributed by atoms with Gasteiger partial charge in [0.25, 0.3) is 5.24 Å². The van der Waals surface area contributed by atoms with Crippen LogP contribution in [0.2, 0.25) is 0 Å². The first-order valence-corrected chi connectivity index (χ1v) is 6.49. The van der Waals surface area contributed by atoms with E-state index >= 15 is 0 Å². The van der Waals surface area contributed by atoms with Crippen molar-refractivity contribution in [2.24, 2.45) is 5.41 Å². The van der Waals surface area contributed by atoms with Crippen LogP contribution in [0.1, 0.15) is 20.3 Å². The largest absolute Gasteiger partial charge is 0.303 e. The predicted octanol–water partition coefficient (Wildman–Crippen LogP) is 3.58. The molecule has 0 aromatic heterocycles. The minimum absolute atomic E-state index is 0.0485. The number of rotatable bonds is 2. The van der Waals surface area contributed by atoms with Gasteiger partial charge >= 0.3 is 0 Å². The molecular formula is C13H17NOS. The third-order valence-electron chi connectivity index (χ3n) is 3.33. The second kappa shape index (κ2) is 4.13.